The van der Waals surface area contributed by atoms with Crippen LogP contribution in [-0.4, -0.2) is 26.4 Å². The number of benzene rings is 1. The molecule has 0 aliphatic heterocycles. The van der Waals surface area contributed by atoms with Crippen LogP contribution in [0.1, 0.15) is 47.0 Å². The molecule has 140 valence electrons. The molecule has 1 saturated carbocycles. The maximum absolute atomic E-state index is 12.2. The summed E-state index contributed by atoms with van der Waals surface area (Å²) in [7, 11) is -3.23. The molecule has 2 rings (SSSR count). The van der Waals surface area contributed by atoms with Crippen LogP contribution in [0.5, 0.6) is 0 Å². The first-order valence-electron chi connectivity index (χ1n) is 9.03. The van der Waals surface area contributed by atoms with Gasteiger partial charge < -0.3 is 4.74 Å². The Labute approximate surface area is 151 Å². The van der Waals surface area contributed by atoms with Gasteiger partial charge in [-0.05, 0) is 54.9 Å². The molecule has 0 spiro atoms. The molecule has 6 heteroatoms. The van der Waals surface area contributed by atoms with Gasteiger partial charge in [-0.1, -0.05) is 34.1 Å². The Morgan fingerprint density at radius 2 is 1.88 bits per heavy atom. The topological polar surface area (TPSA) is 72.5 Å². The van der Waals surface area contributed by atoms with Crippen molar-refractivity contribution in [2.24, 2.45) is 17.8 Å². The third-order valence-corrected chi connectivity index (χ3v) is 6.81. The van der Waals surface area contributed by atoms with Crippen LogP contribution in [0.3, 0.4) is 0 Å². The summed E-state index contributed by atoms with van der Waals surface area (Å²) in [5.74, 6) is 1.48. The molecule has 1 N–H and O–H groups in total. The van der Waals surface area contributed by atoms with E-state index in [4.69, 9.17) is 4.74 Å². The summed E-state index contributed by atoms with van der Waals surface area (Å²) in [6, 6.07) is 6.20. The molecule has 0 bridgehead atoms. The van der Waals surface area contributed by atoms with Crippen molar-refractivity contribution in [2.75, 3.05) is 11.1 Å². The summed E-state index contributed by atoms with van der Waals surface area (Å²) in [5, 5.41) is 2.70. The zero-order valence-corrected chi connectivity index (χ0v) is 16.3. The lowest BCUT2D eigenvalue weighted by atomic mass is 9.75. The average molecular weight is 368 g/mol. The van der Waals surface area contributed by atoms with E-state index in [-0.39, 0.29) is 16.8 Å². The second-order valence-electron chi connectivity index (χ2n) is 7.32. The number of hydrogen-bond acceptors (Lipinski definition) is 4. The highest BCUT2D eigenvalue weighted by atomic mass is 32.2. The van der Waals surface area contributed by atoms with E-state index >= 15 is 0 Å². The van der Waals surface area contributed by atoms with Crippen LogP contribution in [0.4, 0.5) is 10.5 Å². The Kier molecular flexibility index (Phi) is 6.49. The zero-order chi connectivity index (χ0) is 18.6. The van der Waals surface area contributed by atoms with Crippen molar-refractivity contribution in [3.8, 4) is 0 Å². The van der Waals surface area contributed by atoms with Crippen LogP contribution in [0.25, 0.3) is 0 Å². The quantitative estimate of drug-likeness (QED) is 0.832. The number of carbonyl (C=O) groups excluding carboxylic acids is 1. The molecule has 5 nitrogen and oxygen atoms in total. The van der Waals surface area contributed by atoms with Gasteiger partial charge in [0.1, 0.15) is 6.10 Å². The molecule has 0 heterocycles. The minimum atomic E-state index is -3.23. The molecule has 1 amide bonds. The van der Waals surface area contributed by atoms with Gasteiger partial charge in [-0.15, -0.1) is 0 Å². The van der Waals surface area contributed by atoms with E-state index < -0.39 is 15.9 Å². The molecule has 3 atom stereocenters. The maximum atomic E-state index is 12.2. The highest BCUT2D eigenvalue weighted by Crippen LogP contribution is 2.35. The SMILES string of the molecule is CCS(=O)(=O)c1ccc(NC(=O)O[C@@H]2C[C@H](C)CC[C@@H]2C(C)C)cc1. The van der Waals surface area contributed by atoms with Crippen LogP contribution >= 0.6 is 0 Å². The molecule has 0 aromatic heterocycles. The standard InChI is InChI=1S/C19H29NO4S/c1-5-25(22,23)16-9-7-15(8-10-16)20-19(21)24-18-12-14(4)6-11-17(18)13(2)3/h7-10,13-14,17-18H,5-6,11-12H2,1-4H3,(H,20,21)/t14-,17-,18-/m1/s1. The first-order chi connectivity index (χ1) is 11.7. The molecule has 25 heavy (non-hydrogen) atoms. The molecular formula is C19H29NO4S. The summed E-state index contributed by atoms with van der Waals surface area (Å²) in [6.07, 6.45) is 2.61. The van der Waals surface area contributed by atoms with Gasteiger partial charge >= 0.3 is 6.09 Å². The third kappa shape index (κ3) is 5.21. The van der Waals surface area contributed by atoms with E-state index in [9.17, 15) is 13.2 Å². The molecule has 1 aromatic rings. The summed E-state index contributed by atoms with van der Waals surface area (Å²) in [5.41, 5.74) is 0.532. The van der Waals surface area contributed by atoms with Crippen molar-refractivity contribution < 1.29 is 17.9 Å². The lowest BCUT2D eigenvalue weighted by molar-refractivity contribution is 0.0126. The highest BCUT2D eigenvalue weighted by Gasteiger charge is 2.33. The fourth-order valence-electron chi connectivity index (χ4n) is 3.45. The van der Waals surface area contributed by atoms with E-state index in [2.05, 4.69) is 26.1 Å². The predicted octanol–water partition coefficient (Wildman–Crippen LogP) is 4.49. The van der Waals surface area contributed by atoms with Crippen molar-refractivity contribution in [3.05, 3.63) is 24.3 Å². The fraction of sp³-hybridized carbons (Fsp3) is 0.632. The smallest absolute Gasteiger partial charge is 0.411 e. The minimum Gasteiger partial charge on any atom is -0.446 e. The van der Waals surface area contributed by atoms with Crippen molar-refractivity contribution in [3.63, 3.8) is 0 Å². The first kappa shape index (κ1) is 19.8. The highest BCUT2D eigenvalue weighted by molar-refractivity contribution is 7.91. The Hall–Kier alpha value is -1.56. The maximum Gasteiger partial charge on any atom is 0.411 e. The van der Waals surface area contributed by atoms with Gasteiger partial charge in [0, 0.05) is 5.69 Å². The number of ether oxygens (including phenoxy) is 1. The number of carbonyl (C=O) groups is 1. The molecule has 1 fully saturated rings. The van der Waals surface area contributed by atoms with Gasteiger partial charge in [0.05, 0.1) is 10.6 Å². The summed E-state index contributed by atoms with van der Waals surface area (Å²) in [6.45, 7) is 8.14. The van der Waals surface area contributed by atoms with Crippen LogP contribution in [-0.2, 0) is 14.6 Å². The van der Waals surface area contributed by atoms with Gasteiger partial charge in [-0.2, -0.15) is 0 Å². The predicted molar refractivity (Wildman–Crippen MR) is 99.4 cm³/mol. The van der Waals surface area contributed by atoms with Crippen LogP contribution in [0.2, 0.25) is 0 Å². The molecule has 1 aliphatic rings. The Morgan fingerprint density at radius 3 is 2.44 bits per heavy atom. The third-order valence-electron chi connectivity index (χ3n) is 5.06. The van der Waals surface area contributed by atoms with Crippen molar-refractivity contribution in [1.82, 2.24) is 0 Å². The lowest BCUT2D eigenvalue weighted by Gasteiger charge is -2.36. The van der Waals surface area contributed by atoms with E-state index in [1.807, 2.05) is 0 Å². The molecule has 1 aromatic carbocycles. The van der Waals surface area contributed by atoms with E-state index in [0.29, 0.717) is 23.4 Å². The number of sulfone groups is 1. The van der Waals surface area contributed by atoms with E-state index in [1.54, 1.807) is 19.1 Å². The van der Waals surface area contributed by atoms with Gasteiger partial charge in [0.15, 0.2) is 9.84 Å². The monoisotopic (exact) mass is 367 g/mol. The minimum absolute atomic E-state index is 0.0538. The number of amides is 1. The fourth-order valence-corrected chi connectivity index (χ4v) is 4.33. The van der Waals surface area contributed by atoms with Gasteiger partial charge in [-0.3, -0.25) is 5.32 Å². The Bertz CT molecular complexity index is 682. The van der Waals surface area contributed by atoms with Crippen LogP contribution in [0, 0.1) is 17.8 Å². The van der Waals surface area contributed by atoms with Gasteiger partial charge in [0.25, 0.3) is 0 Å². The lowest BCUT2D eigenvalue weighted by Crippen LogP contribution is -2.36. The van der Waals surface area contributed by atoms with Crippen molar-refractivity contribution >= 4 is 21.6 Å². The first-order valence-corrected chi connectivity index (χ1v) is 10.7. The normalized spacial score (nSPS) is 24.1. The number of nitrogens with one attached hydrogen (secondary N) is 1. The van der Waals surface area contributed by atoms with E-state index in [1.165, 1.54) is 18.6 Å². The molecular weight excluding hydrogens is 338 g/mol. The van der Waals surface area contributed by atoms with Crippen molar-refractivity contribution in [2.45, 2.75) is 58.0 Å². The molecule has 0 radical (unpaired) electrons. The average Bonchev–Trinajstić information content (AvgIpc) is 2.55. The van der Waals surface area contributed by atoms with Crippen LogP contribution < -0.4 is 5.32 Å². The van der Waals surface area contributed by atoms with Crippen molar-refractivity contribution in [1.29, 1.82) is 0 Å². The Morgan fingerprint density at radius 1 is 1.24 bits per heavy atom. The van der Waals surface area contributed by atoms with Crippen LogP contribution in [0.15, 0.2) is 29.2 Å². The Balaban J connectivity index is 1.99. The summed E-state index contributed by atoms with van der Waals surface area (Å²) < 4.78 is 29.3. The largest absolute Gasteiger partial charge is 0.446 e. The number of rotatable bonds is 5. The number of anilines is 1. The summed E-state index contributed by atoms with van der Waals surface area (Å²) >= 11 is 0. The summed E-state index contributed by atoms with van der Waals surface area (Å²) in [4.78, 5) is 12.5. The van der Waals surface area contributed by atoms with Gasteiger partial charge in [-0.25, -0.2) is 13.2 Å². The molecule has 0 saturated heterocycles. The molecule has 0 unspecified atom stereocenters. The second kappa shape index (κ2) is 8.21. The number of hydrogen-bond donors (Lipinski definition) is 1. The zero-order valence-electron chi connectivity index (χ0n) is 15.5. The second-order valence-corrected chi connectivity index (χ2v) is 9.60. The van der Waals surface area contributed by atoms with Gasteiger partial charge in [0.2, 0.25) is 0 Å². The molecule has 1 aliphatic carbocycles. The van der Waals surface area contributed by atoms with E-state index in [0.717, 1.165) is 12.8 Å².